The number of methoxy groups -OCH3 is 1. The van der Waals surface area contributed by atoms with Crippen LogP contribution in [0.25, 0.3) is 11.0 Å². The number of carbonyl (C=O) groups excluding carboxylic acids is 1. The maximum absolute atomic E-state index is 12.8. The zero-order valence-electron chi connectivity index (χ0n) is 17.4. The molecule has 2 aromatic heterocycles. The first-order chi connectivity index (χ1) is 15.6. The molecule has 4 rings (SSSR count). The van der Waals surface area contributed by atoms with Crippen LogP contribution in [-0.4, -0.2) is 30.1 Å². The van der Waals surface area contributed by atoms with E-state index in [-0.39, 0.29) is 5.91 Å². The lowest BCUT2D eigenvalue weighted by Gasteiger charge is -2.10. The van der Waals surface area contributed by atoms with Crippen molar-refractivity contribution in [2.24, 2.45) is 0 Å². The minimum Gasteiger partial charge on any atom is -0.480 e. The van der Waals surface area contributed by atoms with E-state index in [1.807, 2.05) is 25.1 Å². The molecule has 0 aliphatic heterocycles. The molecule has 0 atom stereocenters. The summed E-state index contributed by atoms with van der Waals surface area (Å²) in [6, 6.07) is 12.4. The summed E-state index contributed by atoms with van der Waals surface area (Å²) in [6.45, 7) is 1.83. The molecular formula is C22H19N3O6S. The first-order valence-corrected chi connectivity index (χ1v) is 10.2. The van der Waals surface area contributed by atoms with Gasteiger partial charge in [0.1, 0.15) is 22.8 Å². The second-order valence-electron chi connectivity index (χ2n) is 6.53. The van der Waals surface area contributed by atoms with Crippen molar-refractivity contribution in [1.29, 1.82) is 0 Å². The molecule has 0 unspecified atom stereocenters. The first-order valence-electron chi connectivity index (χ1n) is 9.42. The van der Waals surface area contributed by atoms with Crippen LogP contribution in [0.4, 0.5) is 5.82 Å². The topological polar surface area (TPSA) is 105 Å². The van der Waals surface area contributed by atoms with E-state index >= 15 is 0 Å². The number of rotatable bonds is 8. The third-order valence-corrected chi connectivity index (χ3v) is 4.98. The van der Waals surface area contributed by atoms with Gasteiger partial charge in [0.25, 0.3) is 5.91 Å². The van der Waals surface area contributed by atoms with E-state index in [2.05, 4.69) is 20.2 Å². The predicted molar refractivity (Wildman–Crippen MR) is 118 cm³/mol. The predicted octanol–water partition coefficient (Wildman–Crippen LogP) is 5.17. The van der Waals surface area contributed by atoms with E-state index in [4.69, 9.17) is 18.2 Å². The summed E-state index contributed by atoms with van der Waals surface area (Å²) in [4.78, 5) is 26.4. The number of hydrogen-bond acceptors (Lipinski definition) is 9. The lowest BCUT2D eigenvalue weighted by molar-refractivity contribution is -0.160. The Kier molecular flexibility index (Phi) is 6.55. The van der Waals surface area contributed by atoms with Gasteiger partial charge in [-0.15, -0.1) is 0 Å². The van der Waals surface area contributed by atoms with Gasteiger partial charge in [-0.05, 0) is 49.4 Å². The van der Waals surface area contributed by atoms with Crippen molar-refractivity contribution in [2.75, 3.05) is 19.5 Å². The van der Waals surface area contributed by atoms with Crippen molar-refractivity contribution in [2.45, 2.75) is 11.8 Å². The standard InChI is InChI=1S/C22H19N3O6S/c1-13-8-17-18(29-13)9-14(22(26)25-20-11-24-21(27-2)12-23-20)10-19(17)30-15-4-6-16(7-5-15)32-31-28-3/h4-12H,1-3H3,(H,23,25,26). The molecule has 32 heavy (non-hydrogen) atoms. The van der Waals surface area contributed by atoms with Gasteiger partial charge in [-0.1, -0.05) is 0 Å². The fourth-order valence-corrected chi connectivity index (χ4v) is 3.28. The van der Waals surface area contributed by atoms with Crippen LogP contribution in [0.3, 0.4) is 0 Å². The molecule has 0 aliphatic carbocycles. The summed E-state index contributed by atoms with van der Waals surface area (Å²) < 4.78 is 21.6. The van der Waals surface area contributed by atoms with Crippen LogP contribution in [0.2, 0.25) is 0 Å². The number of carbonyl (C=O) groups is 1. The van der Waals surface area contributed by atoms with Crippen molar-refractivity contribution in [1.82, 2.24) is 9.97 Å². The number of nitrogens with one attached hydrogen (secondary N) is 1. The van der Waals surface area contributed by atoms with E-state index in [0.29, 0.717) is 40.1 Å². The van der Waals surface area contributed by atoms with Gasteiger partial charge in [-0.3, -0.25) is 4.79 Å². The maximum atomic E-state index is 12.8. The zero-order chi connectivity index (χ0) is 22.5. The fraction of sp³-hybridized carbons (Fsp3) is 0.136. The molecule has 10 heteroatoms. The van der Waals surface area contributed by atoms with E-state index < -0.39 is 0 Å². The van der Waals surface area contributed by atoms with Crippen LogP contribution in [-0.2, 0) is 9.22 Å². The molecule has 9 nitrogen and oxygen atoms in total. The highest BCUT2D eigenvalue weighted by atomic mass is 32.2. The van der Waals surface area contributed by atoms with Crippen molar-refractivity contribution in [3.05, 3.63) is 66.2 Å². The summed E-state index contributed by atoms with van der Waals surface area (Å²) in [7, 11) is 2.93. The summed E-state index contributed by atoms with van der Waals surface area (Å²) in [5.74, 6) is 2.04. The molecule has 0 saturated carbocycles. The van der Waals surface area contributed by atoms with Gasteiger partial charge >= 0.3 is 0 Å². The highest BCUT2D eigenvalue weighted by Gasteiger charge is 2.16. The Morgan fingerprint density at radius 3 is 2.56 bits per heavy atom. The van der Waals surface area contributed by atoms with Crippen molar-refractivity contribution in [3.8, 4) is 17.4 Å². The Morgan fingerprint density at radius 2 is 1.88 bits per heavy atom. The number of furan rings is 1. The quantitative estimate of drug-likeness (QED) is 0.220. The van der Waals surface area contributed by atoms with Gasteiger partial charge in [0.05, 0.1) is 44.0 Å². The van der Waals surface area contributed by atoms with E-state index in [1.54, 1.807) is 24.3 Å². The lowest BCUT2D eigenvalue weighted by atomic mass is 10.1. The monoisotopic (exact) mass is 453 g/mol. The number of amides is 1. The van der Waals surface area contributed by atoms with E-state index in [0.717, 1.165) is 22.3 Å². The van der Waals surface area contributed by atoms with Gasteiger partial charge in [-0.25, -0.2) is 14.9 Å². The van der Waals surface area contributed by atoms with Crippen LogP contribution in [0, 0.1) is 6.92 Å². The smallest absolute Gasteiger partial charge is 0.257 e. The number of aryl methyl sites for hydroxylation is 1. The highest BCUT2D eigenvalue weighted by Crippen LogP contribution is 2.34. The van der Waals surface area contributed by atoms with Crippen LogP contribution in [0.5, 0.6) is 17.4 Å². The average molecular weight is 453 g/mol. The molecule has 0 radical (unpaired) electrons. The third-order valence-electron chi connectivity index (χ3n) is 4.31. The average Bonchev–Trinajstić information content (AvgIpc) is 3.19. The number of nitrogens with zero attached hydrogens (tertiary/aromatic N) is 2. The third kappa shape index (κ3) is 4.99. The number of aromatic nitrogens is 2. The summed E-state index contributed by atoms with van der Waals surface area (Å²) in [5, 5.41) is 3.46. The van der Waals surface area contributed by atoms with E-state index in [9.17, 15) is 4.79 Å². The summed E-state index contributed by atoms with van der Waals surface area (Å²) >= 11 is 1.09. The second kappa shape index (κ2) is 9.69. The van der Waals surface area contributed by atoms with Crippen LogP contribution < -0.4 is 14.8 Å². The minimum absolute atomic E-state index is 0.292. The zero-order valence-corrected chi connectivity index (χ0v) is 18.3. The molecule has 4 aromatic rings. The maximum Gasteiger partial charge on any atom is 0.257 e. The largest absolute Gasteiger partial charge is 0.480 e. The Bertz CT molecular complexity index is 1230. The van der Waals surface area contributed by atoms with Crippen LogP contribution in [0.15, 0.2) is 64.2 Å². The molecule has 0 bridgehead atoms. The Balaban J connectivity index is 1.59. The van der Waals surface area contributed by atoms with Gasteiger partial charge in [0.2, 0.25) is 5.88 Å². The van der Waals surface area contributed by atoms with E-state index in [1.165, 1.54) is 26.6 Å². The van der Waals surface area contributed by atoms with Crippen LogP contribution in [0.1, 0.15) is 16.1 Å². The molecule has 2 heterocycles. The number of ether oxygens (including phenoxy) is 2. The number of fused-ring (bicyclic) bond motifs is 1. The Hall–Kier alpha value is -3.60. The Morgan fingerprint density at radius 1 is 1.06 bits per heavy atom. The highest BCUT2D eigenvalue weighted by molar-refractivity contribution is 7.94. The number of benzene rings is 2. The first kappa shape index (κ1) is 21.6. The van der Waals surface area contributed by atoms with Crippen molar-refractivity contribution >= 4 is 34.7 Å². The molecular weight excluding hydrogens is 434 g/mol. The van der Waals surface area contributed by atoms with Crippen molar-refractivity contribution in [3.63, 3.8) is 0 Å². The fourth-order valence-electron chi connectivity index (χ4n) is 2.89. The number of anilines is 1. The van der Waals surface area contributed by atoms with Gasteiger partial charge in [0.15, 0.2) is 5.82 Å². The van der Waals surface area contributed by atoms with Crippen LogP contribution >= 0.6 is 12.0 Å². The minimum atomic E-state index is -0.381. The molecule has 164 valence electrons. The summed E-state index contributed by atoms with van der Waals surface area (Å²) in [5.41, 5.74) is 0.881. The Labute approximate surface area is 187 Å². The van der Waals surface area contributed by atoms with Gasteiger partial charge in [0, 0.05) is 10.5 Å². The van der Waals surface area contributed by atoms with Gasteiger partial charge < -0.3 is 19.2 Å². The molecule has 1 amide bonds. The molecule has 1 N–H and O–H groups in total. The normalized spacial score (nSPS) is 10.8. The number of hydrogen-bond donors (Lipinski definition) is 1. The lowest BCUT2D eigenvalue weighted by Crippen LogP contribution is -2.13. The molecule has 0 saturated heterocycles. The second-order valence-corrected chi connectivity index (χ2v) is 7.31. The molecule has 0 aliphatic rings. The summed E-state index contributed by atoms with van der Waals surface area (Å²) in [6.07, 6.45) is 2.83. The van der Waals surface area contributed by atoms with Crippen molar-refractivity contribution < 1.29 is 27.9 Å². The molecule has 0 fully saturated rings. The molecule has 2 aromatic carbocycles. The molecule has 0 spiro atoms. The van der Waals surface area contributed by atoms with Gasteiger partial charge in [-0.2, -0.15) is 4.33 Å². The SMILES string of the molecule is COOSc1ccc(Oc2cc(C(=O)Nc3cnc(OC)cn3)cc3oc(C)cc23)cc1.